The zero-order valence-corrected chi connectivity index (χ0v) is 14.3. The molecular weight excluding hydrogens is 312 g/mol. The van der Waals surface area contributed by atoms with Crippen LogP contribution in [0.3, 0.4) is 0 Å². The number of urea groups is 1. The molecule has 2 unspecified atom stereocenters. The maximum atomic E-state index is 12.6. The van der Waals surface area contributed by atoms with Crippen LogP contribution in [0.15, 0.2) is 57.4 Å². The summed E-state index contributed by atoms with van der Waals surface area (Å²) in [6.07, 6.45) is 8.01. The highest BCUT2D eigenvalue weighted by Crippen LogP contribution is 2.15. The molecule has 0 saturated carbocycles. The zero-order valence-electron chi connectivity index (χ0n) is 13.5. The Bertz CT molecular complexity index is 757. The summed E-state index contributed by atoms with van der Waals surface area (Å²) in [6, 6.07) is 5.82. The molecule has 0 heterocycles. The molecular formula is C16H22N4O2S. The number of carbonyl (C=O) groups excluding carboxylic acids is 1. The normalized spacial score (nSPS) is 19.4. The SMILES string of the molecule is CN(C)C1=CCC(NC(=O)N=S(C)(=O)c2ccc(N)cc2)C=C1. The van der Waals surface area contributed by atoms with Gasteiger partial charge in [0.2, 0.25) is 0 Å². The monoisotopic (exact) mass is 334 g/mol. The molecule has 1 aromatic rings. The largest absolute Gasteiger partial charge is 0.399 e. The van der Waals surface area contributed by atoms with Crippen molar-refractivity contribution in [3.05, 3.63) is 48.2 Å². The van der Waals surface area contributed by atoms with E-state index in [-0.39, 0.29) is 6.04 Å². The lowest BCUT2D eigenvalue weighted by Crippen LogP contribution is -2.33. The summed E-state index contributed by atoms with van der Waals surface area (Å²) < 4.78 is 16.4. The fraction of sp³-hybridized carbons (Fsp3) is 0.312. The van der Waals surface area contributed by atoms with Crippen LogP contribution in [-0.2, 0) is 9.73 Å². The van der Waals surface area contributed by atoms with E-state index in [2.05, 4.69) is 9.68 Å². The van der Waals surface area contributed by atoms with Gasteiger partial charge in [-0.15, -0.1) is 4.36 Å². The number of hydrogen-bond donors (Lipinski definition) is 2. The van der Waals surface area contributed by atoms with Crippen molar-refractivity contribution in [2.45, 2.75) is 17.4 Å². The van der Waals surface area contributed by atoms with Crippen LogP contribution in [0.5, 0.6) is 0 Å². The summed E-state index contributed by atoms with van der Waals surface area (Å²) in [5.74, 6) is 0. The third-order valence-electron chi connectivity index (χ3n) is 3.48. The molecule has 0 radical (unpaired) electrons. The van der Waals surface area contributed by atoms with Crippen molar-refractivity contribution in [2.75, 3.05) is 26.1 Å². The number of likely N-dealkylation sites (N-methyl/N-ethyl adjacent to an activating group) is 1. The molecule has 0 aromatic heterocycles. The van der Waals surface area contributed by atoms with E-state index < -0.39 is 15.8 Å². The smallest absolute Gasteiger partial charge is 0.349 e. The Labute approximate surface area is 137 Å². The average Bonchev–Trinajstić information content (AvgIpc) is 2.47. The Balaban J connectivity index is 2.06. The van der Waals surface area contributed by atoms with Gasteiger partial charge in [0, 0.05) is 36.6 Å². The minimum absolute atomic E-state index is 0.142. The fourth-order valence-electron chi connectivity index (χ4n) is 2.16. The van der Waals surface area contributed by atoms with Gasteiger partial charge in [0.15, 0.2) is 0 Å². The van der Waals surface area contributed by atoms with E-state index in [0.717, 1.165) is 5.70 Å². The molecule has 1 aliphatic rings. The molecule has 0 saturated heterocycles. The lowest BCUT2D eigenvalue weighted by molar-refractivity contribution is 0.247. The third kappa shape index (κ3) is 4.59. The third-order valence-corrected chi connectivity index (χ3v) is 5.14. The van der Waals surface area contributed by atoms with Crippen LogP contribution >= 0.6 is 0 Å². The highest BCUT2D eigenvalue weighted by Gasteiger charge is 2.14. The number of nitrogens with one attached hydrogen (secondary N) is 1. The van der Waals surface area contributed by atoms with Crippen molar-refractivity contribution < 1.29 is 9.00 Å². The van der Waals surface area contributed by atoms with E-state index in [9.17, 15) is 9.00 Å². The summed E-state index contributed by atoms with van der Waals surface area (Å²) in [5.41, 5.74) is 7.27. The summed E-state index contributed by atoms with van der Waals surface area (Å²) in [6.45, 7) is 0. The highest BCUT2D eigenvalue weighted by molar-refractivity contribution is 7.93. The quantitative estimate of drug-likeness (QED) is 0.830. The van der Waals surface area contributed by atoms with E-state index in [4.69, 9.17) is 5.73 Å². The lowest BCUT2D eigenvalue weighted by Gasteiger charge is -2.21. The molecule has 7 heteroatoms. The van der Waals surface area contributed by atoms with Crippen LogP contribution in [0, 0.1) is 0 Å². The van der Waals surface area contributed by atoms with E-state index in [1.165, 1.54) is 6.26 Å². The first-order valence-electron chi connectivity index (χ1n) is 7.22. The molecule has 2 atom stereocenters. The molecule has 23 heavy (non-hydrogen) atoms. The van der Waals surface area contributed by atoms with Crippen molar-refractivity contribution in [3.63, 3.8) is 0 Å². The van der Waals surface area contributed by atoms with Crippen LogP contribution in [-0.4, -0.2) is 41.5 Å². The summed E-state index contributed by atoms with van der Waals surface area (Å²) in [7, 11) is 1.13. The van der Waals surface area contributed by atoms with Gasteiger partial charge in [-0.3, -0.25) is 0 Å². The topological polar surface area (TPSA) is 87.8 Å². The number of benzene rings is 1. The second kappa shape index (κ2) is 6.87. The maximum Gasteiger partial charge on any atom is 0.349 e. The van der Waals surface area contributed by atoms with Gasteiger partial charge in [0.25, 0.3) is 0 Å². The second-order valence-corrected chi connectivity index (χ2v) is 7.90. The molecule has 6 nitrogen and oxygen atoms in total. The molecule has 0 aliphatic heterocycles. The van der Waals surface area contributed by atoms with Gasteiger partial charge in [-0.05, 0) is 36.8 Å². The van der Waals surface area contributed by atoms with Gasteiger partial charge in [0.1, 0.15) is 0 Å². The van der Waals surface area contributed by atoms with E-state index in [1.807, 2.05) is 37.2 Å². The number of nitrogens with two attached hydrogens (primary N) is 1. The molecule has 2 rings (SSSR count). The van der Waals surface area contributed by atoms with Crippen LogP contribution in [0.1, 0.15) is 6.42 Å². The van der Waals surface area contributed by atoms with Gasteiger partial charge < -0.3 is 16.0 Å². The Hall–Kier alpha value is -2.28. The standard InChI is InChI=1S/C16H22N4O2S/c1-20(2)14-8-6-13(7-9-14)18-16(21)19-23(3,22)15-10-4-12(17)5-11-15/h4-6,8-11,13H,7,17H2,1-3H3,(H,18,21). The Morgan fingerprint density at radius 1 is 1.35 bits per heavy atom. The highest BCUT2D eigenvalue weighted by atomic mass is 32.2. The summed E-state index contributed by atoms with van der Waals surface area (Å²) >= 11 is 0. The van der Waals surface area contributed by atoms with E-state index >= 15 is 0 Å². The number of carbonyl (C=O) groups is 1. The predicted molar refractivity (Wildman–Crippen MR) is 93.5 cm³/mol. The Morgan fingerprint density at radius 2 is 2.00 bits per heavy atom. The van der Waals surface area contributed by atoms with Crippen molar-refractivity contribution in [1.82, 2.24) is 10.2 Å². The molecule has 0 spiro atoms. The predicted octanol–water partition coefficient (Wildman–Crippen LogP) is 2.21. The van der Waals surface area contributed by atoms with Crippen molar-refractivity contribution in [2.24, 2.45) is 4.36 Å². The van der Waals surface area contributed by atoms with Gasteiger partial charge >= 0.3 is 6.03 Å². The van der Waals surface area contributed by atoms with Crippen LogP contribution in [0.2, 0.25) is 0 Å². The van der Waals surface area contributed by atoms with Crippen molar-refractivity contribution in [3.8, 4) is 0 Å². The minimum Gasteiger partial charge on any atom is -0.399 e. The first-order chi connectivity index (χ1) is 10.8. The second-order valence-electron chi connectivity index (χ2n) is 5.64. The zero-order chi connectivity index (χ0) is 17.0. The molecule has 0 bridgehead atoms. The van der Waals surface area contributed by atoms with Crippen molar-refractivity contribution >= 4 is 21.4 Å². The van der Waals surface area contributed by atoms with Crippen LogP contribution < -0.4 is 11.1 Å². The van der Waals surface area contributed by atoms with Gasteiger partial charge in [-0.1, -0.05) is 12.2 Å². The number of amides is 2. The van der Waals surface area contributed by atoms with Crippen LogP contribution in [0.25, 0.3) is 0 Å². The molecule has 1 aliphatic carbocycles. The van der Waals surface area contributed by atoms with Crippen molar-refractivity contribution in [1.29, 1.82) is 0 Å². The lowest BCUT2D eigenvalue weighted by atomic mass is 10.1. The van der Waals surface area contributed by atoms with E-state index in [0.29, 0.717) is 17.0 Å². The maximum absolute atomic E-state index is 12.6. The minimum atomic E-state index is -2.79. The Kier molecular flexibility index (Phi) is 5.10. The Morgan fingerprint density at radius 3 is 2.52 bits per heavy atom. The number of hydrogen-bond acceptors (Lipinski definition) is 4. The number of rotatable bonds is 3. The molecule has 0 fully saturated rings. The number of anilines is 1. The summed E-state index contributed by atoms with van der Waals surface area (Å²) in [5, 5.41) is 2.76. The van der Waals surface area contributed by atoms with Crippen LogP contribution in [0.4, 0.5) is 10.5 Å². The molecule has 2 amide bonds. The summed E-state index contributed by atoms with van der Waals surface area (Å²) in [4.78, 5) is 14.5. The average molecular weight is 334 g/mol. The first kappa shape index (κ1) is 17.1. The van der Waals surface area contributed by atoms with E-state index in [1.54, 1.807) is 24.3 Å². The molecule has 1 aromatic carbocycles. The number of nitrogen functional groups attached to an aromatic ring is 1. The fourth-order valence-corrected chi connectivity index (χ4v) is 3.28. The molecule has 3 N–H and O–H groups in total. The van der Waals surface area contributed by atoms with Gasteiger partial charge in [-0.2, -0.15) is 0 Å². The number of nitrogens with zero attached hydrogens (tertiary/aromatic N) is 2. The van der Waals surface area contributed by atoms with Gasteiger partial charge in [0.05, 0.1) is 15.8 Å². The number of allylic oxidation sites excluding steroid dienone is 1. The van der Waals surface area contributed by atoms with Gasteiger partial charge in [-0.25, -0.2) is 9.00 Å². The molecule has 124 valence electrons. The first-order valence-corrected chi connectivity index (χ1v) is 9.14.